The zero-order valence-electron chi connectivity index (χ0n) is 18.5. The van der Waals surface area contributed by atoms with E-state index in [-0.39, 0.29) is 25.0 Å². The molecular formula is C20H24ClN7O5S. The van der Waals surface area contributed by atoms with Crippen LogP contribution in [-0.2, 0) is 14.8 Å². The quantitative estimate of drug-likeness (QED) is 0.437. The second kappa shape index (κ2) is 10.2. The van der Waals surface area contributed by atoms with Crippen molar-refractivity contribution in [1.82, 2.24) is 29.7 Å². The molecule has 0 amide bonds. The SMILES string of the molecule is CCCO[C@@H](c1ncc(Cl)cn1)[C@H](C)S(=O)(=O)Nc1nnc2n1[C@H](CO)COc1ncccc1-2. The molecule has 4 heterocycles. The summed E-state index contributed by atoms with van der Waals surface area (Å²) in [5.74, 6) is 0.775. The topological polar surface area (TPSA) is 154 Å². The minimum atomic E-state index is -4.07. The number of aliphatic hydroxyl groups excluding tert-OH is 1. The average molecular weight is 510 g/mol. The van der Waals surface area contributed by atoms with Gasteiger partial charge in [0, 0.05) is 25.2 Å². The van der Waals surface area contributed by atoms with E-state index in [4.69, 9.17) is 21.1 Å². The summed E-state index contributed by atoms with van der Waals surface area (Å²) in [6, 6.07) is 2.79. The Labute approximate surface area is 201 Å². The van der Waals surface area contributed by atoms with Crippen molar-refractivity contribution in [1.29, 1.82) is 0 Å². The first-order valence-corrected chi connectivity index (χ1v) is 12.5. The minimum Gasteiger partial charge on any atom is -0.475 e. The number of hydrogen-bond donors (Lipinski definition) is 2. The minimum absolute atomic E-state index is 0.0523. The van der Waals surface area contributed by atoms with Crippen molar-refractivity contribution in [2.45, 2.75) is 37.7 Å². The number of pyridine rings is 1. The van der Waals surface area contributed by atoms with E-state index in [9.17, 15) is 13.5 Å². The predicted octanol–water partition coefficient (Wildman–Crippen LogP) is 2.01. The number of aliphatic hydroxyl groups is 1. The molecule has 34 heavy (non-hydrogen) atoms. The highest BCUT2D eigenvalue weighted by Crippen LogP contribution is 2.35. The number of nitrogens with one attached hydrogen (secondary N) is 1. The highest BCUT2D eigenvalue weighted by Gasteiger charge is 2.36. The summed E-state index contributed by atoms with van der Waals surface area (Å²) in [5.41, 5.74) is 0.531. The van der Waals surface area contributed by atoms with Crippen LogP contribution in [0.4, 0.5) is 5.95 Å². The molecule has 12 nitrogen and oxygen atoms in total. The van der Waals surface area contributed by atoms with Crippen molar-refractivity contribution in [3.05, 3.63) is 41.6 Å². The van der Waals surface area contributed by atoms with Crippen molar-refractivity contribution >= 4 is 27.6 Å². The first kappa shape index (κ1) is 24.3. The molecule has 14 heteroatoms. The second-order valence-electron chi connectivity index (χ2n) is 7.62. The molecule has 0 unspecified atom stereocenters. The smallest absolute Gasteiger partial charge is 0.240 e. The summed E-state index contributed by atoms with van der Waals surface area (Å²) in [6.45, 7) is 3.43. The number of fused-ring (bicyclic) bond motifs is 3. The number of ether oxygens (including phenoxy) is 2. The fourth-order valence-corrected chi connectivity index (χ4v) is 4.67. The number of rotatable bonds is 9. The van der Waals surface area contributed by atoms with Gasteiger partial charge in [0.25, 0.3) is 0 Å². The van der Waals surface area contributed by atoms with Gasteiger partial charge in [0.15, 0.2) is 11.6 Å². The van der Waals surface area contributed by atoms with Crippen LogP contribution in [0.3, 0.4) is 0 Å². The fourth-order valence-electron chi connectivity index (χ4n) is 3.47. The molecule has 0 fully saturated rings. The number of anilines is 1. The lowest BCUT2D eigenvalue weighted by Gasteiger charge is -2.24. The summed E-state index contributed by atoms with van der Waals surface area (Å²) < 4.78 is 42.3. The Balaban J connectivity index is 1.68. The van der Waals surface area contributed by atoms with E-state index >= 15 is 0 Å². The van der Waals surface area contributed by atoms with Gasteiger partial charge in [-0.15, -0.1) is 10.2 Å². The molecule has 0 saturated heterocycles. The Bertz CT molecular complexity index is 1240. The van der Waals surface area contributed by atoms with Crippen LogP contribution in [0.5, 0.6) is 5.88 Å². The van der Waals surface area contributed by atoms with E-state index in [2.05, 4.69) is 29.9 Å². The second-order valence-corrected chi connectivity index (χ2v) is 10.1. The lowest BCUT2D eigenvalue weighted by Crippen LogP contribution is -2.34. The number of nitrogens with zero attached hydrogens (tertiary/aromatic N) is 6. The van der Waals surface area contributed by atoms with Gasteiger partial charge in [0.2, 0.25) is 21.9 Å². The molecule has 0 saturated carbocycles. The standard InChI is InChI=1S/C20H24ClN7O5S/c1-3-7-32-16(17-23-8-13(21)9-24-17)12(2)34(30,31)27-20-26-25-18-15-5-4-6-22-19(15)33-11-14(10-29)28(18)20/h4-6,8-9,12,14,16,29H,3,7,10-11H2,1-2H3,(H,26,27)/t12-,14+,16+/m0/s1. The van der Waals surface area contributed by atoms with Crippen molar-refractivity contribution in [2.75, 3.05) is 24.5 Å². The van der Waals surface area contributed by atoms with Gasteiger partial charge in [-0.25, -0.2) is 23.4 Å². The first-order valence-electron chi connectivity index (χ1n) is 10.6. The summed E-state index contributed by atoms with van der Waals surface area (Å²) in [6.07, 6.45) is 4.05. The van der Waals surface area contributed by atoms with Crippen LogP contribution in [0.15, 0.2) is 30.7 Å². The molecule has 182 valence electrons. The summed E-state index contributed by atoms with van der Waals surface area (Å²) in [4.78, 5) is 12.5. The van der Waals surface area contributed by atoms with Gasteiger partial charge in [-0.1, -0.05) is 18.5 Å². The Morgan fingerprint density at radius 3 is 2.79 bits per heavy atom. The van der Waals surface area contributed by atoms with Gasteiger partial charge >= 0.3 is 0 Å². The highest BCUT2D eigenvalue weighted by molar-refractivity contribution is 7.93. The number of sulfonamides is 1. The van der Waals surface area contributed by atoms with Crippen LogP contribution < -0.4 is 9.46 Å². The zero-order valence-corrected chi connectivity index (χ0v) is 20.1. The largest absolute Gasteiger partial charge is 0.475 e. The molecule has 3 atom stereocenters. The fraction of sp³-hybridized carbons (Fsp3) is 0.450. The van der Waals surface area contributed by atoms with Gasteiger partial charge in [0.05, 0.1) is 23.2 Å². The molecule has 1 aliphatic rings. The van der Waals surface area contributed by atoms with Gasteiger partial charge in [-0.05, 0) is 25.5 Å². The molecule has 3 aromatic heterocycles. The van der Waals surface area contributed by atoms with Gasteiger partial charge in [-0.3, -0.25) is 9.29 Å². The average Bonchev–Trinajstić information content (AvgIpc) is 3.15. The maximum absolute atomic E-state index is 13.4. The third kappa shape index (κ3) is 4.82. The highest BCUT2D eigenvalue weighted by atomic mass is 35.5. The lowest BCUT2D eigenvalue weighted by atomic mass is 10.2. The zero-order chi connectivity index (χ0) is 24.3. The monoisotopic (exact) mass is 509 g/mol. The third-order valence-electron chi connectivity index (χ3n) is 5.24. The van der Waals surface area contributed by atoms with Crippen LogP contribution in [0.2, 0.25) is 5.02 Å². The van der Waals surface area contributed by atoms with Crippen LogP contribution in [0.25, 0.3) is 11.4 Å². The van der Waals surface area contributed by atoms with E-state index in [0.29, 0.717) is 35.3 Å². The molecular weight excluding hydrogens is 486 g/mol. The maximum atomic E-state index is 13.4. The van der Waals surface area contributed by atoms with Crippen LogP contribution >= 0.6 is 11.6 Å². The molecule has 1 aliphatic heterocycles. The van der Waals surface area contributed by atoms with E-state index in [1.807, 2.05) is 6.92 Å². The molecule has 0 bridgehead atoms. The molecule has 0 aliphatic carbocycles. The molecule has 2 N–H and O–H groups in total. The van der Waals surface area contributed by atoms with Crippen LogP contribution in [0, 0.1) is 0 Å². The van der Waals surface area contributed by atoms with Gasteiger partial charge in [-0.2, -0.15) is 0 Å². The molecule has 4 rings (SSSR count). The normalized spacial score (nSPS) is 17.1. The summed E-state index contributed by atoms with van der Waals surface area (Å²) >= 11 is 5.88. The summed E-state index contributed by atoms with van der Waals surface area (Å²) in [7, 11) is -4.07. The first-order chi connectivity index (χ1) is 16.4. The number of hydrogen-bond acceptors (Lipinski definition) is 10. The van der Waals surface area contributed by atoms with E-state index in [0.717, 1.165) is 0 Å². The Kier molecular flexibility index (Phi) is 7.26. The van der Waals surface area contributed by atoms with E-state index in [1.54, 1.807) is 18.3 Å². The molecule has 0 aromatic carbocycles. The Morgan fingerprint density at radius 1 is 1.32 bits per heavy atom. The molecule has 0 radical (unpaired) electrons. The Hall–Kier alpha value is -2.87. The van der Waals surface area contributed by atoms with Crippen LogP contribution in [0.1, 0.15) is 38.2 Å². The number of aromatic nitrogens is 6. The molecule has 3 aromatic rings. The summed E-state index contributed by atoms with van der Waals surface area (Å²) in [5, 5.41) is 17.4. The maximum Gasteiger partial charge on any atom is 0.240 e. The van der Waals surface area contributed by atoms with Gasteiger partial charge < -0.3 is 14.6 Å². The van der Waals surface area contributed by atoms with Crippen molar-refractivity contribution in [2.24, 2.45) is 0 Å². The third-order valence-corrected chi connectivity index (χ3v) is 7.13. The Morgan fingerprint density at radius 2 is 2.09 bits per heavy atom. The predicted molar refractivity (Wildman–Crippen MR) is 123 cm³/mol. The van der Waals surface area contributed by atoms with Gasteiger partial charge in [0.1, 0.15) is 18.0 Å². The lowest BCUT2D eigenvalue weighted by molar-refractivity contribution is 0.0466. The number of halogens is 1. The van der Waals surface area contributed by atoms with E-state index in [1.165, 1.54) is 23.9 Å². The van der Waals surface area contributed by atoms with Crippen molar-refractivity contribution in [3.8, 4) is 17.3 Å². The van der Waals surface area contributed by atoms with Crippen molar-refractivity contribution in [3.63, 3.8) is 0 Å². The van der Waals surface area contributed by atoms with Crippen molar-refractivity contribution < 1.29 is 23.0 Å². The van der Waals surface area contributed by atoms with E-state index < -0.39 is 27.4 Å². The van der Waals surface area contributed by atoms with Crippen LogP contribution in [-0.4, -0.2) is 68.3 Å². The molecule has 0 spiro atoms.